The molecule has 2 aliphatic rings. The third kappa shape index (κ3) is 3.04. The summed E-state index contributed by atoms with van der Waals surface area (Å²) in [5.41, 5.74) is 2.84. The molecule has 1 aromatic heterocycles. The molecule has 0 bridgehead atoms. The fourth-order valence-electron chi connectivity index (χ4n) is 4.01. The van der Waals surface area contributed by atoms with Crippen LogP contribution in [0.1, 0.15) is 25.0 Å². The van der Waals surface area contributed by atoms with Crippen molar-refractivity contribution in [1.29, 1.82) is 0 Å². The first kappa shape index (κ1) is 18.9. The van der Waals surface area contributed by atoms with E-state index in [2.05, 4.69) is 15.3 Å². The number of anilines is 1. The molecule has 0 saturated carbocycles. The number of amides is 1. The van der Waals surface area contributed by atoms with Gasteiger partial charge in [0.2, 0.25) is 5.88 Å². The zero-order chi connectivity index (χ0) is 21.9. The topological polar surface area (TPSA) is 107 Å². The Bertz CT molecular complexity index is 1360. The van der Waals surface area contributed by atoms with Gasteiger partial charge in [0.05, 0.1) is 11.3 Å². The Hall–Kier alpha value is -4.07. The first-order valence-corrected chi connectivity index (χ1v) is 9.62. The number of imidazole rings is 1. The normalized spacial score (nSPS) is 19.1. The summed E-state index contributed by atoms with van der Waals surface area (Å²) in [6.07, 6.45) is 1.82. The van der Waals surface area contributed by atoms with Crippen LogP contribution in [0.4, 0.5) is 10.1 Å². The van der Waals surface area contributed by atoms with Crippen LogP contribution in [-0.4, -0.2) is 26.6 Å². The number of aromatic amines is 2. The molecule has 4 N–H and O–H groups in total. The maximum atomic E-state index is 13.5. The third-order valence-corrected chi connectivity index (χ3v) is 5.45. The number of carbonyl (C=O) groups excluding carboxylic acids is 1. The van der Waals surface area contributed by atoms with E-state index in [1.54, 1.807) is 18.2 Å². The Morgan fingerprint density at radius 1 is 1.00 bits per heavy atom. The second-order valence-electron chi connectivity index (χ2n) is 7.93. The molecule has 2 aliphatic heterocycles. The molecular formula is C23H18FN3O4. The third-order valence-electron chi connectivity index (χ3n) is 5.45. The van der Waals surface area contributed by atoms with E-state index in [0.29, 0.717) is 33.8 Å². The largest absolute Gasteiger partial charge is 0.493 e. The minimum absolute atomic E-state index is 0.226. The summed E-state index contributed by atoms with van der Waals surface area (Å²) in [6.45, 7) is 3.79. The predicted molar refractivity (Wildman–Crippen MR) is 114 cm³/mol. The number of carbonyl (C=O) groups is 1. The van der Waals surface area contributed by atoms with E-state index < -0.39 is 17.1 Å². The summed E-state index contributed by atoms with van der Waals surface area (Å²) >= 11 is 0. The Kier molecular flexibility index (Phi) is 3.95. The van der Waals surface area contributed by atoms with E-state index >= 15 is 0 Å². The number of ether oxygens (including phenoxy) is 1. The number of halogens is 1. The highest BCUT2D eigenvalue weighted by Crippen LogP contribution is 2.44. The van der Waals surface area contributed by atoms with Crippen molar-refractivity contribution in [3.63, 3.8) is 0 Å². The van der Waals surface area contributed by atoms with E-state index in [-0.39, 0.29) is 11.8 Å². The summed E-state index contributed by atoms with van der Waals surface area (Å²) in [6, 6.07) is 11.4. The number of aromatic nitrogens is 2. The summed E-state index contributed by atoms with van der Waals surface area (Å²) < 4.78 is 19.7. The van der Waals surface area contributed by atoms with Gasteiger partial charge in [-0.05, 0) is 43.7 Å². The van der Waals surface area contributed by atoms with Crippen molar-refractivity contribution in [2.75, 3.05) is 5.32 Å². The van der Waals surface area contributed by atoms with E-state index in [1.807, 2.05) is 32.1 Å². The Morgan fingerprint density at radius 2 is 1.71 bits per heavy atom. The molecule has 0 aliphatic carbocycles. The van der Waals surface area contributed by atoms with Crippen LogP contribution < -0.4 is 11.0 Å². The van der Waals surface area contributed by atoms with Gasteiger partial charge in [-0.2, -0.15) is 0 Å². The van der Waals surface area contributed by atoms with Gasteiger partial charge in [-0.15, -0.1) is 0 Å². The lowest BCUT2D eigenvalue weighted by atomic mass is 9.91. The van der Waals surface area contributed by atoms with Crippen LogP contribution in [0.5, 0.6) is 5.88 Å². The van der Waals surface area contributed by atoms with Gasteiger partial charge in [-0.1, -0.05) is 24.3 Å². The zero-order valence-electron chi connectivity index (χ0n) is 16.7. The molecular weight excluding hydrogens is 401 g/mol. The minimum Gasteiger partial charge on any atom is -0.493 e. The first-order valence-electron chi connectivity index (χ1n) is 9.62. The summed E-state index contributed by atoms with van der Waals surface area (Å²) in [7, 11) is 0. The zero-order valence-corrected chi connectivity index (χ0v) is 16.7. The van der Waals surface area contributed by atoms with E-state index in [1.165, 1.54) is 12.1 Å². The minimum atomic E-state index is -0.711. The smallest absolute Gasteiger partial charge is 0.326 e. The molecule has 0 radical (unpaired) electrons. The predicted octanol–water partition coefficient (Wildman–Crippen LogP) is 3.77. The standard InChI is InChI=1S/C23H18FN3O4/c1-23(2)15(11-3-5-12(6-4-11)19-21(29)27-22(30)26-19)10-17(31-23)18-14-8-7-13(24)9-16(14)25-20(18)28/h3-10,29H,1-2H3,(H,25,28)(H2,26,27,30). The molecule has 0 unspecified atom stereocenters. The number of hydrogen-bond donors (Lipinski definition) is 4. The Balaban J connectivity index is 1.57. The first-order chi connectivity index (χ1) is 14.7. The van der Waals surface area contributed by atoms with Gasteiger partial charge in [0, 0.05) is 16.7 Å². The number of aromatic hydroxyl groups is 1. The molecule has 3 aromatic rings. The van der Waals surface area contributed by atoms with Gasteiger partial charge in [-0.3, -0.25) is 9.78 Å². The van der Waals surface area contributed by atoms with Gasteiger partial charge in [0.25, 0.3) is 5.91 Å². The van der Waals surface area contributed by atoms with E-state index in [0.717, 1.165) is 11.1 Å². The number of allylic oxidation sites excluding steroid dienone is 1. The SMILES string of the molecule is CC1(C)OC(=C2C(=O)Nc3cc(F)ccc32)C=C1c1ccc(-c2[nH]c(=O)[nH]c2O)cc1. The van der Waals surface area contributed by atoms with Crippen LogP contribution >= 0.6 is 0 Å². The molecule has 5 rings (SSSR count). The lowest BCUT2D eigenvalue weighted by Gasteiger charge is -2.23. The summed E-state index contributed by atoms with van der Waals surface area (Å²) in [5.74, 6) is -0.578. The van der Waals surface area contributed by atoms with E-state index in [9.17, 15) is 19.1 Å². The Labute approximate surface area is 175 Å². The fourth-order valence-corrected chi connectivity index (χ4v) is 4.01. The summed E-state index contributed by atoms with van der Waals surface area (Å²) in [5, 5.41) is 12.5. The van der Waals surface area contributed by atoms with Gasteiger partial charge >= 0.3 is 5.69 Å². The Morgan fingerprint density at radius 3 is 2.39 bits per heavy atom. The molecule has 31 heavy (non-hydrogen) atoms. The van der Waals surface area contributed by atoms with Crippen molar-refractivity contribution >= 4 is 22.7 Å². The second kappa shape index (κ2) is 6.46. The molecule has 0 fully saturated rings. The average molecular weight is 419 g/mol. The van der Waals surface area contributed by atoms with Gasteiger partial charge in [0.15, 0.2) is 0 Å². The van der Waals surface area contributed by atoms with Crippen LogP contribution in [-0.2, 0) is 9.53 Å². The molecule has 1 amide bonds. The van der Waals surface area contributed by atoms with Crippen molar-refractivity contribution in [3.8, 4) is 17.1 Å². The van der Waals surface area contributed by atoms with Gasteiger partial charge in [0.1, 0.15) is 22.9 Å². The van der Waals surface area contributed by atoms with Crippen LogP contribution in [0.15, 0.2) is 59.1 Å². The number of benzene rings is 2. The van der Waals surface area contributed by atoms with Crippen LogP contribution in [0.3, 0.4) is 0 Å². The summed E-state index contributed by atoms with van der Waals surface area (Å²) in [4.78, 5) is 28.8. The molecule has 8 heteroatoms. The lowest BCUT2D eigenvalue weighted by Crippen LogP contribution is -2.21. The fraction of sp³-hybridized carbons (Fsp3) is 0.130. The van der Waals surface area contributed by atoms with Crippen LogP contribution in [0.25, 0.3) is 22.4 Å². The number of rotatable bonds is 2. The number of fused-ring (bicyclic) bond motifs is 1. The number of hydrogen-bond acceptors (Lipinski definition) is 4. The van der Waals surface area contributed by atoms with Crippen LogP contribution in [0.2, 0.25) is 0 Å². The maximum absolute atomic E-state index is 13.5. The molecule has 156 valence electrons. The monoisotopic (exact) mass is 419 g/mol. The second-order valence-corrected chi connectivity index (χ2v) is 7.93. The van der Waals surface area contributed by atoms with Crippen molar-refractivity contribution in [1.82, 2.24) is 9.97 Å². The highest BCUT2D eigenvalue weighted by molar-refractivity contribution is 6.32. The number of H-pyrrole nitrogens is 2. The molecule has 0 atom stereocenters. The van der Waals surface area contributed by atoms with E-state index in [4.69, 9.17) is 4.74 Å². The van der Waals surface area contributed by atoms with Crippen molar-refractivity contribution in [2.24, 2.45) is 0 Å². The molecule has 7 nitrogen and oxygen atoms in total. The molecule has 0 saturated heterocycles. The maximum Gasteiger partial charge on any atom is 0.326 e. The quantitative estimate of drug-likeness (QED) is 0.474. The van der Waals surface area contributed by atoms with Gasteiger partial charge < -0.3 is 20.1 Å². The van der Waals surface area contributed by atoms with Crippen LogP contribution in [0, 0.1) is 5.82 Å². The number of nitrogens with one attached hydrogen (secondary N) is 3. The van der Waals surface area contributed by atoms with Gasteiger partial charge in [-0.25, -0.2) is 9.18 Å². The lowest BCUT2D eigenvalue weighted by molar-refractivity contribution is -0.111. The van der Waals surface area contributed by atoms with Crippen molar-refractivity contribution in [2.45, 2.75) is 19.4 Å². The molecule has 3 heterocycles. The highest BCUT2D eigenvalue weighted by Gasteiger charge is 2.38. The highest BCUT2D eigenvalue weighted by atomic mass is 19.1. The molecule has 2 aromatic carbocycles. The average Bonchev–Trinajstić information content (AvgIpc) is 3.32. The van der Waals surface area contributed by atoms with Crippen molar-refractivity contribution in [3.05, 3.63) is 81.7 Å². The van der Waals surface area contributed by atoms with Crippen molar-refractivity contribution < 1.29 is 19.0 Å². The molecule has 0 spiro atoms.